The van der Waals surface area contributed by atoms with Gasteiger partial charge in [-0.15, -0.1) is 0 Å². The summed E-state index contributed by atoms with van der Waals surface area (Å²) in [5, 5.41) is 19.8. The summed E-state index contributed by atoms with van der Waals surface area (Å²) >= 11 is 0. The molecule has 1 atom stereocenters. The van der Waals surface area contributed by atoms with Gasteiger partial charge < -0.3 is 5.11 Å². The first-order valence-electron chi connectivity index (χ1n) is 5.01. The van der Waals surface area contributed by atoms with E-state index >= 15 is 0 Å². The summed E-state index contributed by atoms with van der Waals surface area (Å²) < 4.78 is 13.1. The van der Waals surface area contributed by atoms with E-state index in [1.165, 1.54) is 0 Å². The van der Waals surface area contributed by atoms with Gasteiger partial charge in [0, 0.05) is 11.6 Å². The maximum atomic E-state index is 13.1. The minimum Gasteiger partial charge on any atom is -0.481 e. The molecule has 0 heterocycles. The van der Waals surface area contributed by atoms with E-state index in [0.29, 0.717) is 0 Å². The van der Waals surface area contributed by atoms with Crippen LogP contribution in [-0.2, 0) is 4.79 Å². The Morgan fingerprint density at radius 3 is 2.47 bits per heavy atom. The molecular formula is C11H12FNO4. The average Bonchev–Trinajstić information content (AvgIpc) is 2.15. The number of rotatable bonds is 4. The molecule has 0 radical (unpaired) electrons. The molecule has 0 aliphatic heterocycles. The van der Waals surface area contributed by atoms with E-state index < -0.39 is 22.6 Å². The number of benzene rings is 1. The second-order valence-corrected chi connectivity index (χ2v) is 4.02. The maximum absolute atomic E-state index is 13.1. The summed E-state index contributed by atoms with van der Waals surface area (Å²) in [5.41, 5.74) is -0.468. The number of nitrogens with zero attached hydrogens (tertiary/aromatic N) is 1. The molecule has 0 fully saturated rings. The van der Waals surface area contributed by atoms with Crippen LogP contribution in [0.4, 0.5) is 10.1 Å². The quantitative estimate of drug-likeness (QED) is 0.648. The fourth-order valence-electron chi connectivity index (χ4n) is 1.72. The van der Waals surface area contributed by atoms with Crippen LogP contribution >= 0.6 is 0 Å². The van der Waals surface area contributed by atoms with Crippen molar-refractivity contribution in [3.05, 3.63) is 39.7 Å². The van der Waals surface area contributed by atoms with E-state index in [1.54, 1.807) is 13.8 Å². The highest BCUT2D eigenvalue weighted by Gasteiger charge is 2.30. The van der Waals surface area contributed by atoms with Crippen LogP contribution in [0.2, 0.25) is 0 Å². The molecule has 0 aromatic heterocycles. The first-order valence-corrected chi connectivity index (χ1v) is 5.01. The van der Waals surface area contributed by atoms with Gasteiger partial charge in [-0.05, 0) is 18.1 Å². The van der Waals surface area contributed by atoms with Crippen molar-refractivity contribution in [3.63, 3.8) is 0 Å². The zero-order valence-electron chi connectivity index (χ0n) is 9.38. The molecule has 1 aromatic carbocycles. The van der Waals surface area contributed by atoms with Crippen LogP contribution in [0.1, 0.15) is 25.3 Å². The molecule has 1 N–H and O–H groups in total. The first-order chi connectivity index (χ1) is 7.84. The second kappa shape index (κ2) is 4.90. The van der Waals surface area contributed by atoms with Crippen molar-refractivity contribution in [1.29, 1.82) is 0 Å². The highest BCUT2D eigenvalue weighted by Crippen LogP contribution is 2.32. The van der Waals surface area contributed by atoms with Crippen molar-refractivity contribution in [2.24, 2.45) is 5.92 Å². The summed E-state index contributed by atoms with van der Waals surface area (Å²) in [7, 11) is 0. The molecule has 17 heavy (non-hydrogen) atoms. The Kier molecular flexibility index (Phi) is 3.77. The van der Waals surface area contributed by atoms with Gasteiger partial charge in [-0.25, -0.2) is 4.39 Å². The average molecular weight is 241 g/mol. The monoisotopic (exact) mass is 241 g/mol. The number of carboxylic acids is 1. The van der Waals surface area contributed by atoms with Gasteiger partial charge in [-0.2, -0.15) is 0 Å². The summed E-state index contributed by atoms with van der Waals surface area (Å²) in [6, 6.07) is 2.85. The van der Waals surface area contributed by atoms with Gasteiger partial charge in [-0.3, -0.25) is 14.9 Å². The molecule has 0 saturated heterocycles. The highest BCUT2D eigenvalue weighted by atomic mass is 19.1. The molecule has 0 saturated carbocycles. The van der Waals surface area contributed by atoms with E-state index in [-0.39, 0.29) is 17.2 Å². The predicted octanol–water partition coefficient (Wildman–Crippen LogP) is 2.56. The fraction of sp³-hybridized carbons (Fsp3) is 0.364. The smallest absolute Gasteiger partial charge is 0.311 e. The van der Waals surface area contributed by atoms with E-state index in [0.717, 1.165) is 18.2 Å². The normalized spacial score (nSPS) is 12.5. The van der Waals surface area contributed by atoms with Crippen molar-refractivity contribution in [2.45, 2.75) is 19.8 Å². The summed E-state index contributed by atoms with van der Waals surface area (Å²) in [6.45, 7) is 3.24. The van der Waals surface area contributed by atoms with Gasteiger partial charge in [0.15, 0.2) is 0 Å². The van der Waals surface area contributed by atoms with Crippen molar-refractivity contribution in [3.8, 4) is 0 Å². The lowest BCUT2D eigenvalue weighted by molar-refractivity contribution is -0.385. The first kappa shape index (κ1) is 13.1. The second-order valence-electron chi connectivity index (χ2n) is 4.02. The van der Waals surface area contributed by atoms with Gasteiger partial charge in [-0.1, -0.05) is 13.8 Å². The zero-order valence-corrected chi connectivity index (χ0v) is 9.38. The molecule has 1 unspecified atom stereocenters. The number of nitro benzene ring substituents is 1. The largest absolute Gasteiger partial charge is 0.481 e. The highest BCUT2D eigenvalue weighted by molar-refractivity contribution is 5.78. The lowest BCUT2D eigenvalue weighted by Gasteiger charge is -2.16. The number of hydrogen-bond donors (Lipinski definition) is 1. The fourth-order valence-corrected chi connectivity index (χ4v) is 1.72. The third kappa shape index (κ3) is 2.77. The number of nitro groups is 1. The van der Waals surface area contributed by atoms with Gasteiger partial charge in [0.05, 0.1) is 10.8 Å². The van der Waals surface area contributed by atoms with Gasteiger partial charge in [0.2, 0.25) is 0 Å². The molecular weight excluding hydrogens is 229 g/mol. The topological polar surface area (TPSA) is 80.4 Å². The molecule has 1 rings (SSSR count). The lowest BCUT2D eigenvalue weighted by Crippen LogP contribution is -2.19. The molecule has 0 amide bonds. The zero-order chi connectivity index (χ0) is 13.2. The molecule has 1 aromatic rings. The van der Waals surface area contributed by atoms with Crippen LogP contribution in [0, 0.1) is 21.8 Å². The van der Waals surface area contributed by atoms with E-state index in [2.05, 4.69) is 0 Å². The van der Waals surface area contributed by atoms with Crippen molar-refractivity contribution >= 4 is 11.7 Å². The van der Waals surface area contributed by atoms with Crippen LogP contribution in [0.5, 0.6) is 0 Å². The third-order valence-corrected chi connectivity index (χ3v) is 2.45. The van der Waals surface area contributed by atoms with Crippen molar-refractivity contribution in [1.82, 2.24) is 0 Å². The summed E-state index contributed by atoms with van der Waals surface area (Å²) in [4.78, 5) is 21.2. The molecule has 92 valence electrons. The molecule has 0 aliphatic rings. The molecule has 0 spiro atoms. The van der Waals surface area contributed by atoms with Crippen LogP contribution in [0.3, 0.4) is 0 Å². The number of carboxylic acid groups (broad SMARTS) is 1. The Balaban J connectivity index is 3.40. The SMILES string of the molecule is CC(C)C(C(=O)O)c1cc(F)ccc1[N+](=O)[O-]. The van der Waals surface area contributed by atoms with E-state index in [4.69, 9.17) is 5.11 Å². The van der Waals surface area contributed by atoms with E-state index in [1.807, 2.05) is 0 Å². The predicted molar refractivity (Wildman–Crippen MR) is 58.3 cm³/mol. The molecule has 6 heteroatoms. The number of carbonyl (C=O) groups is 1. The molecule has 0 bridgehead atoms. The Hall–Kier alpha value is -1.98. The molecule has 0 aliphatic carbocycles. The minimum atomic E-state index is -1.20. The summed E-state index contributed by atoms with van der Waals surface area (Å²) in [6.07, 6.45) is 0. The van der Waals surface area contributed by atoms with Crippen molar-refractivity contribution < 1.29 is 19.2 Å². The Labute approximate surface area is 97.0 Å². The van der Waals surface area contributed by atoms with Gasteiger partial charge in [0.25, 0.3) is 5.69 Å². The van der Waals surface area contributed by atoms with Crippen LogP contribution < -0.4 is 0 Å². The minimum absolute atomic E-state index is 0.0995. The Morgan fingerprint density at radius 2 is 2.06 bits per heavy atom. The Morgan fingerprint density at radius 1 is 1.47 bits per heavy atom. The van der Waals surface area contributed by atoms with Crippen molar-refractivity contribution in [2.75, 3.05) is 0 Å². The number of aliphatic carboxylic acids is 1. The van der Waals surface area contributed by atoms with Crippen LogP contribution in [-0.4, -0.2) is 16.0 Å². The summed E-state index contributed by atoms with van der Waals surface area (Å²) in [5.74, 6) is -3.34. The number of halogens is 1. The van der Waals surface area contributed by atoms with Gasteiger partial charge in [0.1, 0.15) is 5.82 Å². The standard InChI is InChI=1S/C11H12FNO4/c1-6(2)10(11(14)15)8-5-7(12)3-4-9(8)13(16)17/h3-6,10H,1-2H3,(H,14,15). The van der Waals surface area contributed by atoms with Crippen LogP contribution in [0.15, 0.2) is 18.2 Å². The maximum Gasteiger partial charge on any atom is 0.311 e. The third-order valence-electron chi connectivity index (χ3n) is 2.45. The molecule has 5 nitrogen and oxygen atoms in total. The van der Waals surface area contributed by atoms with Crippen LogP contribution in [0.25, 0.3) is 0 Å². The lowest BCUT2D eigenvalue weighted by atomic mass is 9.87. The number of hydrogen-bond acceptors (Lipinski definition) is 3. The Bertz CT molecular complexity index is 459. The van der Waals surface area contributed by atoms with Gasteiger partial charge >= 0.3 is 5.97 Å². The van der Waals surface area contributed by atoms with E-state index in [9.17, 15) is 19.3 Å².